The molecule has 0 bridgehead atoms. The van der Waals surface area contributed by atoms with Crippen LogP contribution >= 0.6 is 0 Å². The Labute approximate surface area is 124 Å². The Balaban J connectivity index is 1.75. The maximum atomic E-state index is 5.80. The minimum absolute atomic E-state index is 0.254. The monoisotopic (exact) mass is 287 g/mol. The van der Waals surface area contributed by atoms with E-state index in [9.17, 15) is 0 Å². The standard InChI is InChI=1S/C16H21N3O2/c1-2-20-15(13-6-4-3-5-7-13)16-18-14(21-19-16)10-12-8-9-17-11-12/h3-7,12,15,17H,2,8-11H2,1H3. The molecule has 1 fully saturated rings. The van der Waals surface area contributed by atoms with Gasteiger partial charge in [0.1, 0.15) is 6.10 Å². The molecule has 0 aliphatic carbocycles. The summed E-state index contributed by atoms with van der Waals surface area (Å²) >= 11 is 0. The second kappa shape index (κ2) is 6.83. The van der Waals surface area contributed by atoms with E-state index in [-0.39, 0.29) is 6.10 Å². The van der Waals surface area contributed by atoms with Crippen LogP contribution in [0.5, 0.6) is 0 Å². The third kappa shape index (κ3) is 3.49. The molecule has 1 aliphatic heterocycles. The van der Waals surface area contributed by atoms with Crippen LogP contribution in [0.15, 0.2) is 34.9 Å². The molecule has 3 rings (SSSR count). The minimum Gasteiger partial charge on any atom is -0.366 e. The lowest BCUT2D eigenvalue weighted by Gasteiger charge is -2.13. The molecule has 2 aromatic rings. The van der Waals surface area contributed by atoms with E-state index in [1.807, 2.05) is 37.3 Å². The van der Waals surface area contributed by atoms with Crippen LogP contribution < -0.4 is 5.32 Å². The number of ether oxygens (including phenoxy) is 1. The van der Waals surface area contributed by atoms with Gasteiger partial charge in [-0.2, -0.15) is 4.98 Å². The van der Waals surface area contributed by atoms with Gasteiger partial charge in [0.25, 0.3) is 0 Å². The number of hydrogen-bond donors (Lipinski definition) is 1. The fourth-order valence-corrected chi connectivity index (χ4v) is 2.71. The van der Waals surface area contributed by atoms with E-state index in [4.69, 9.17) is 9.26 Å². The van der Waals surface area contributed by atoms with Crippen LogP contribution in [-0.2, 0) is 11.2 Å². The lowest BCUT2D eigenvalue weighted by atomic mass is 10.1. The summed E-state index contributed by atoms with van der Waals surface area (Å²) in [6.45, 7) is 4.69. The second-order valence-corrected chi connectivity index (χ2v) is 5.36. The number of rotatable bonds is 6. The van der Waals surface area contributed by atoms with E-state index in [2.05, 4.69) is 15.5 Å². The largest absolute Gasteiger partial charge is 0.366 e. The maximum Gasteiger partial charge on any atom is 0.227 e. The number of nitrogens with one attached hydrogen (secondary N) is 1. The predicted octanol–water partition coefficient (Wildman–Crippen LogP) is 2.35. The fourth-order valence-electron chi connectivity index (χ4n) is 2.71. The highest BCUT2D eigenvalue weighted by Crippen LogP contribution is 2.24. The molecule has 21 heavy (non-hydrogen) atoms. The molecule has 5 nitrogen and oxygen atoms in total. The van der Waals surface area contributed by atoms with Gasteiger partial charge in [-0.3, -0.25) is 0 Å². The summed E-state index contributed by atoms with van der Waals surface area (Å²) in [5.41, 5.74) is 1.05. The first-order valence-corrected chi connectivity index (χ1v) is 7.56. The average molecular weight is 287 g/mol. The first-order valence-electron chi connectivity index (χ1n) is 7.56. The molecule has 0 radical (unpaired) electrons. The summed E-state index contributed by atoms with van der Waals surface area (Å²) < 4.78 is 11.2. The van der Waals surface area contributed by atoms with Gasteiger partial charge < -0.3 is 14.6 Å². The third-order valence-electron chi connectivity index (χ3n) is 3.78. The molecule has 5 heteroatoms. The van der Waals surface area contributed by atoms with Crippen LogP contribution in [0, 0.1) is 5.92 Å². The molecule has 0 spiro atoms. The highest BCUT2D eigenvalue weighted by molar-refractivity contribution is 5.22. The predicted molar refractivity (Wildman–Crippen MR) is 78.9 cm³/mol. The zero-order chi connectivity index (χ0) is 14.5. The molecule has 1 saturated heterocycles. The zero-order valence-corrected chi connectivity index (χ0v) is 12.3. The van der Waals surface area contributed by atoms with Gasteiger partial charge in [-0.15, -0.1) is 0 Å². The SMILES string of the molecule is CCOC(c1ccccc1)c1noc(CC2CCNC2)n1. The van der Waals surface area contributed by atoms with Crippen molar-refractivity contribution < 1.29 is 9.26 Å². The second-order valence-electron chi connectivity index (χ2n) is 5.36. The maximum absolute atomic E-state index is 5.80. The van der Waals surface area contributed by atoms with Crippen molar-refractivity contribution in [1.29, 1.82) is 0 Å². The van der Waals surface area contributed by atoms with Crippen LogP contribution in [0.25, 0.3) is 0 Å². The van der Waals surface area contributed by atoms with Crippen molar-refractivity contribution in [2.75, 3.05) is 19.7 Å². The average Bonchev–Trinajstić information content (AvgIpc) is 3.18. The Hall–Kier alpha value is -1.72. The van der Waals surface area contributed by atoms with E-state index < -0.39 is 0 Å². The van der Waals surface area contributed by atoms with Crippen molar-refractivity contribution >= 4 is 0 Å². The van der Waals surface area contributed by atoms with E-state index in [1.165, 1.54) is 6.42 Å². The van der Waals surface area contributed by atoms with Gasteiger partial charge in [0.05, 0.1) is 0 Å². The molecule has 1 N–H and O–H groups in total. The van der Waals surface area contributed by atoms with Gasteiger partial charge >= 0.3 is 0 Å². The molecular weight excluding hydrogens is 266 g/mol. The summed E-state index contributed by atoms with van der Waals surface area (Å²) in [6.07, 6.45) is 1.76. The van der Waals surface area contributed by atoms with Crippen molar-refractivity contribution in [2.45, 2.75) is 25.9 Å². The third-order valence-corrected chi connectivity index (χ3v) is 3.78. The Morgan fingerprint density at radius 1 is 1.38 bits per heavy atom. The minimum atomic E-state index is -0.254. The van der Waals surface area contributed by atoms with E-state index in [0.29, 0.717) is 24.2 Å². The molecule has 2 atom stereocenters. The Morgan fingerprint density at radius 2 is 2.24 bits per heavy atom. The normalized spacial score (nSPS) is 19.8. The van der Waals surface area contributed by atoms with E-state index >= 15 is 0 Å². The molecule has 2 unspecified atom stereocenters. The van der Waals surface area contributed by atoms with Gasteiger partial charge in [0, 0.05) is 13.0 Å². The quantitative estimate of drug-likeness (QED) is 0.883. The lowest BCUT2D eigenvalue weighted by Crippen LogP contribution is -2.11. The highest BCUT2D eigenvalue weighted by Gasteiger charge is 2.23. The number of aromatic nitrogens is 2. The van der Waals surface area contributed by atoms with Gasteiger partial charge in [-0.05, 0) is 37.9 Å². The number of benzene rings is 1. The van der Waals surface area contributed by atoms with Crippen molar-refractivity contribution in [3.8, 4) is 0 Å². The van der Waals surface area contributed by atoms with Gasteiger partial charge in [0.2, 0.25) is 11.7 Å². The van der Waals surface area contributed by atoms with Gasteiger partial charge in [-0.1, -0.05) is 35.5 Å². The summed E-state index contributed by atoms with van der Waals surface area (Å²) in [6, 6.07) is 10.0. The van der Waals surface area contributed by atoms with Gasteiger partial charge in [-0.25, -0.2) is 0 Å². The van der Waals surface area contributed by atoms with Gasteiger partial charge in [0.15, 0.2) is 0 Å². The topological polar surface area (TPSA) is 60.2 Å². The van der Waals surface area contributed by atoms with Crippen molar-refractivity contribution in [3.05, 3.63) is 47.6 Å². The van der Waals surface area contributed by atoms with Crippen LogP contribution in [0.3, 0.4) is 0 Å². The molecular formula is C16H21N3O2. The molecule has 0 saturated carbocycles. The highest BCUT2D eigenvalue weighted by atomic mass is 16.5. The molecule has 2 heterocycles. The molecule has 1 aromatic heterocycles. The van der Waals surface area contributed by atoms with Crippen LogP contribution in [0.4, 0.5) is 0 Å². The summed E-state index contributed by atoms with van der Waals surface area (Å²) in [4.78, 5) is 4.54. The number of hydrogen-bond acceptors (Lipinski definition) is 5. The Kier molecular flexibility index (Phi) is 4.62. The molecule has 1 aromatic carbocycles. The fraction of sp³-hybridized carbons (Fsp3) is 0.500. The van der Waals surface area contributed by atoms with Crippen molar-refractivity contribution in [1.82, 2.24) is 15.5 Å². The van der Waals surface area contributed by atoms with Crippen molar-refractivity contribution in [3.63, 3.8) is 0 Å². The molecule has 0 amide bonds. The van der Waals surface area contributed by atoms with Crippen LogP contribution in [-0.4, -0.2) is 29.8 Å². The lowest BCUT2D eigenvalue weighted by molar-refractivity contribution is 0.0833. The Morgan fingerprint density at radius 3 is 2.95 bits per heavy atom. The summed E-state index contributed by atoms with van der Waals surface area (Å²) in [5, 5.41) is 7.48. The smallest absolute Gasteiger partial charge is 0.227 e. The van der Waals surface area contributed by atoms with Crippen LogP contribution in [0.2, 0.25) is 0 Å². The van der Waals surface area contributed by atoms with E-state index in [0.717, 1.165) is 25.1 Å². The first kappa shape index (κ1) is 14.2. The van der Waals surface area contributed by atoms with Crippen molar-refractivity contribution in [2.24, 2.45) is 5.92 Å². The van der Waals surface area contributed by atoms with Crippen LogP contribution in [0.1, 0.15) is 36.7 Å². The molecule has 112 valence electrons. The summed E-state index contributed by atoms with van der Waals surface area (Å²) in [5.74, 6) is 1.92. The van der Waals surface area contributed by atoms with E-state index in [1.54, 1.807) is 0 Å². The zero-order valence-electron chi connectivity index (χ0n) is 12.3. The first-order chi connectivity index (χ1) is 10.4. The molecule has 1 aliphatic rings. The summed E-state index contributed by atoms with van der Waals surface area (Å²) in [7, 11) is 0. The Bertz CT molecular complexity index is 550. The number of nitrogens with zero attached hydrogens (tertiary/aromatic N) is 2.